The highest BCUT2D eigenvalue weighted by molar-refractivity contribution is 9.10. The lowest BCUT2D eigenvalue weighted by atomic mass is 10.2. The Morgan fingerprint density at radius 3 is 2.70 bits per heavy atom. The molecule has 0 saturated carbocycles. The van der Waals surface area contributed by atoms with Gasteiger partial charge in [-0.25, -0.2) is 4.99 Å². The number of hydrogen-bond acceptors (Lipinski definition) is 6. The maximum Gasteiger partial charge on any atom is 0.264 e. The molecule has 0 atom stereocenters. The molecule has 2 aromatic rings. The number of thioether (sulfide) groups is 1. The summed E-state index contributed by atoms with van der Waals surface area (Å²) < 4.78 is 16.9. The molecule has 0 aromatic heterocycles. The van der Waals surface area contributed by atoms with Crippen molar-refractivity contribution in [2.75, 3.05) is 20.8 Å². The molecule has 0 radical (unpaired) electrons. The Hall–Kier alpha value is -2.89. The number of methoxy groups -OCH3 is 2. The van der Waals surface area contributed by atoms with Crippen molar-refractivity contribution in [3.63, 3.8) is 0 Å². The van der Waals surface area contributed by atoms with Gasteiger partial charge in [-0.3, -0.25) is 4.79 Å². The summed E-state index contributed by atoms with van der Waals surface area (Å²) in [4.78, 5) is 17.5. The molecule has 8 heteroatoms. The fourth-order valence-electron chi connectivity index (χ4n) is 2.71. The first-order valence-corrected chi connectivity index (χ1v) is 10.4. The number of nitrogens with zero attached hydrogens (tertiary/aromatic N) is 1. The number of hydrogen-bond donors (Lipinski definition) is 1. The van der Waals surface area contributed by atoms with E-state index in [2.05, 4.69) is 32.2 Å². The fourth-order valence-corrected chi connectivity index (χ4v) is 4.11. The molecular weight excluding hydrogens is 468 g/mol. The lowest BCUT2D eigenvalue weighted by molar-refractivity contribution is -0.115. The van der Waals surface area contributed by atoms with E-state index in [-0.39, 0.29) is 12.5 Å². The van der Waals surface area contributed by atoms with Crippen molar-refractivity contribution in [1.29, 1.82) is 0 Å². The smallest absolute Gasteiger partial charge is 0.264 e. The van der Waals surface area contributed by atoms with Crippen molar-refractivity contribution in [2.45, 2.75) is 6.92 Å². The third-order valence-corrected chi connectivity index (χ3v) is 5.56. The maximum absolute atomic E-state index is 12.4. The SMILES string of the molecule is C#CCOc1c(Br)cc(/C=C2\SC(=Nc3cc(C)ccc3OC)NC2=O)cc1OC. The van der Waals surface area contributed by atoms with Gasteiger partial charge >= 0.3 is 0 Å². The van der Waals surface area contributed by atoms with E-state index in [1.807, 2.05) is 31.2 Å². The predicted molar refractivity (Wildman–Crippen MR) is 124 cm³/mol. The number of carbonyl (C=O) groups is 1. The Balaban J connectivity index is 1.89. The first-order chi connectivity index (χ1) is 14.4. The summed E-state index contributed by atoms with van der Waals surface area (Å²) in [6.45, 7) is 2.09. The van der Waals surface area contributed by atoms with Crippen LogP contribution < -0.4 is 19.5 Å². The number of nitrogens with one attached hydrogen (secondary N) is 1. The van der Waals surface area contributed by atoms with Crippen molar-refractivity contribution >= 4 is 50.5 Å². The number of amides is 1. The molecule has 1 amide bonds. The zero-order valence-electron chi connectivity index (χ0n) is 16.6. The predicted octanol–water partition coefficient (Wildman–Crippen LogP) is 4.68. The second-order valence-corrected chi connectivity index (χ2v) is 8.07. The Kier molecular flexibility index (Phi) is 7.08. The lowest BCUT2D eigenvalue weighted by Gasteiger charge is -2.12. The van der Waals surface area contributed by atoms with E-state index >= 15 is 0 Å². The third-order valence-electron chi connectivity index (χ3n) is 4.06. The van der Waals surface area contributed by atoms with Crippen LogP contribution in [0.25, 0.3) is 6.08 Å². The van der Waals surface area contributed by atoms with E-state index < -0.39 is 0 Å². The Bertz CT molecular complexity index is 1090. The van der Waals surface area contributed by atoms with Gasteiger partial charge in [0.2, 0.25) is 0 Å². The normalized spacial score (nSPS) is 15.8. The van der Waals surface area contributed by atoms with E-state index in [0.29, 0.717) is 37.5 Å². The van der Waals surface area contributed by atoms with Gasteiger partial charge in [-0.05, 0) is 76.1 Å². The molecular formula is C22H19BrN2O4S. The Labute approximate surface area is 187 Å². The van der Waals surface area contributed by atoms with E-state index in [1.165, 1.54) is 11.8 Å². The van der Waals surface area contributed by atoms with Crippen LogP contribution in [0.15, 0.2) is 44.7 Å². The summed E-state index contributed by atoms with van der Waals surface area (Å²) >= 11 is 4.72. The molecule has 154 valence electrons. The molecule has 1 saturated heterocycles. The highest BCUT2D eigenvalue weighted by Gasteiger charge is 2.24. The number of terminal acetylenes is 1. The van der Waals surface area contributed by atoms with Gasteiger partial charge in [0, 0.05) is 0 Å². The minimum absolute atomic E-state index is 0.121. The van der Waals surface area contributed by atoms with Crippen molar-refractivity contribution in [3.8, 4) is 29.6 Å². The number of halogens is 1. The molecule has 1 fully saturated rings. The summed E-state index contributed by atoms with van der Waals surface area (Å²) in [7, 11) is 3.13. The maximum atomic E-state index is 12.4. The van der Waals surface area contributed by atoms with Crippen molar-refractivity contribution in [2.24, 2.45) is 4.99 Å². The fraction of sp³-hybridized carbons (Fsp3) is 0.182. The van der Waals surface area contributed by atoms with E-state index in [1.54, 1.807) is 26.4 Å². The third kappa shape index (κ3) is 4.99. The number of rotatable bonds is 6. The van der Waals surface area contributed by atoms with Gasteiger partial charge in [-0.1, -0.05) is 12.0 Å². The summed E-state index contributed by atoms with van der Waals surface area (Å²) in [6, 6.07) is 9.29. The van der Waals surface area contributed by atoms with E-state index in [9.17, 15) is 4.79 Å². The Morgan fingerprint density at radius 1 is 1.23 bits per heavy atom. The monoisotopic (exact) mass is 486 g/mol. The first-order valence-electron chi connectivity index (χ1n) is 8.83. The molecule has 0 spiro atoms. The van der Waals surface area contributed by atoms with Crippen LogP contribution in [0.3, 0.4) is 0 Å². The zero-order chi connectivity index (χ0) is 21.7. The van der Waals surface area contributed by atoms with Crippen LogP contribution in [0.5, 0.6) is 17.2 Å². The average Bonchev–Trinajstić information content (AvgIpc) is 3.05. The molecule has 1 heterocycles. The van der Waals surface area contributed by atoms with Gasteiger partial charge in [0.05, 0.1) is 23.6 Å². The Morgan fingerprint density at radius 2 is 2.00 bits per heavy atom. The minimum atomic E-state index is -0.229. The number of aliphatic imine (C=N–C) groups is 1. The molecule has 6 nitrogen and oxygen atoms in total. The van der Waals surface area contributed by atoms with Crippen LogP contribution >= 0.6 is 27.7 Å². The highest BCUT2D eigenvalue weighted by Crippen LogP contribution is 2.38. The summed E-state index contributed by atoms with van der Waals surface area (Å²) in [5, 5.41) is 3.27. The van der Waals surface area contributed by atoms with Gasteiger partial charge in [0.15, 0.2) is 16.7 Å². The highest BCUT2D eigenvalue weighted by atomic mass is 79.9. The quantitative estimate of drug-likeness (QED) is 0.474. The largest absolute Gasteiger partial charge is 0.494 e. The van der Waals surface area contributed by atoms with Gasteiger partial charge in [-0.2, -0.15) is 0 Å². The minimum Gasteiger partial charge on any atom is -0.494 e. The topological polar surface area (TPSA) is 69.2 Å². The molecule has 0 unspecified atom stereocenters. The lowest BCUT2D eigenvalue weighted by Crippen LogP contribution is -2.19. The van der Waals surface area contributed by atoms with E-state index in [0.717, 1.165) is 11.1 Å². The van der Waals surface area contributed by atoms with Crippen LogP contribution in [0.1, 0.15) is 11.1 Å². The van der Waals surface area contributed by atoms with Gasteiger partial charge in [0.25, 0.3) is 5.91 Å². The number of ether oxygens (including phenoxy) is 3. The molecule has 0 aliphatic carbocycles. The van der Waals surface area contributed by atoms with Crippen LogP contribution in [0, 0.1) is 19.3 Å². The second-order valence-electron chi connectivity index (χ2n) is 6.18. The van der Waals surface area contributed by atoms with Crippen LogP contribution in [-0.4, -0.2) is 31.9 Å². The average molecular weight is 487 g/mol. The zero-order valence-corrected chi connectivity index (χ0v) is 19.0. The number of carbonyl (C=O) groups excluding carboxylic acids is 1. The molecule has 1 aliphatic heterocycles. The molecule has 1 N–H and O–H groups in total. The number of amidine groups is 1. The van der Waals surface area contributed by atoms with Crippen molar-refractivity contribution < 1.29 is 19.0 Å². The summed E-state index contributed by atoms with van der Waals surface area (Å²) in [5.74, 6) is 3.85. The van der Waals surface area contributed by atoms with Crippen molar-refractivity contribution in [1.82, 2.24) is 5.32 Å². The van der Waals surface area contributed by atoms with Crippen LogP contribution in [0.4, 0.5) is 5.69 Å². The molecule has 3 rings (SSSR count). The second kappa shape index (κ2) is 9.74. The summed E-state index contributed by atoms with van der Waals surface area (Å²) in [6.07, 6.45) is 7.02. The number of aryl methyl sites for hydroxylation is 1. The number of benzene rings is 2. The van der Waals surface area contributed by atoms with Gasteiger partial charge < -0.3 is 19.5 Å². The van der Waals surface area contributed by atoms with Gasteiger partial charge in [0.1, 0.15) is 18.0 Å². The first kappa shape index (κ1) is 21.8. The van der Waals surface area contributed by atoms with Crippen molar-refractivity contribution in [3.05, 3.63) is 50.8 Å². The summed E-state index contributed by atoms with van der Waals surface area (Å²) in [5.41, 5.74) is 2.46. The van der Waals surface area contributed by atoms with Gasteiger partial charge in [-0.15, -0.1) is 6.42 Å². The van der Waals surface area contributed by atoms with Crippen LogP contribution in [0.2, 0.25) is 0 Å². The molecule has 0 bridgehead atoms. The van der Waals surface area contributed by atoms with Crippen LogP contribution in [-0.2, 0) is 4.79 Å². The molecule has 30 heavy (non-hydrogen) atoms. The standard InChI is InChI=1S/C22H19BrN2O4S/c1-5-8-29-20-15(23)10-14(11-18(20)28-4)12-19-21(26)25-22(30-19)24-16-9-13(2)6-7-17(16)27-3/h1,6-7,9-12H,8H2,2-4H3,(H,24,25,26)/b19-12-. The van der Waals surface area contributed by atoms with E-state index in [4.69, 9.17) is 20.6 Å². The molecule has 2 aromatic carbocycles. The molecule has 1 aliphatic rings.